The smallest absolute Gasteiger partial charge is 0.266 e. The molecule has 0 bridgehead atoms. The number of piperidine rings is 1. The Morgan fingerprint density at radius 1 is 1.11 bits per heavy atom. The van der Waals surface area contributed by atoms with E-state index in [1.54, 1.807) is 46.2 Å². The molecule has 7 nitrogen and oxygen atoms in total. The summed E-state index contributed by atoms with van der Waals surface area (Å²) in [6, 6.07) is 11.0. The van der Waals surface area contributed by atoms with Crippen LogP contribution in [-0.4, -0.2) is 43.5 Å². The summed E-state index contributed by atoms with van der Waals surface area (Å²) in [6.45, 7) is 1.55. The Kier molecular flexibility index (Phi) is 5.01. The molecule has 1 aliphatic rings. The van der Waals surface area contributed by atoms with Crippen molar-refractivity contribution in [2.24, 2.45) is 5.92 Å². The first-order valence-corrected chi connectivity index (χ1v) is 9.24. The Bertz CT molecular complexity index is 1020. The van der Waals surface area contributed by atoms with Crippen LogP contribution in [0.2, 0.25) is 0 Å². The molecule has 2 aromatic heterocycles. The highest BCUT2D eigenvalue weighted by Crippen LogP contribution is 2.21. The van der Waals surface area contributed by atoms with E-state index in [9.17, 15) is 14.0 Å². The van der Waals surface area contributed by atoms with Gasteiger partial charge in [0.15, 0.2) is 5.82 Å². The normalized spacial score (nSPS) is 15.0. The molecular weight excluding hydrogens is 361 g/mol. The predicted octanol–water partition coefficient (Wildman–Crippen LogP) is 2.12. The molecule has 0 N–H and O–H groups in total. The molecule has 1 saturated heterocycles. The zero-order valence-corrected chi connectivity index (χ0v) is 15.2. The quantitative estimate of drug-likeness (QED) is 0.694. The fourth-order valence-electron chi connectivity index (χ4n) is 3.46. The molecular formula is C20H20FN5O2. The van der Waals surface area contributed by atoms with E-state index in [1.807, 2.05) is 0 Å². The molecule has 0 unspecified atom stereocenters. The minimum Gasteiger partial charge on any atom is -0.339 e. The van der Waals surface area contributed by atoms with Crippen molar-refractivity contribution in [1.29, 1.82) is 0 Å². The summed E-state index contributed by atoms with van der Waals surface area (Å²) in [5, 5.41) is 8.53. The van der Waals surface area contributed by atoms with E-state index in [1.165, 1.54) is 22.9 Å². The van der Waals surface area contributed by atoms with E-state index in [-0.39, 0.29) is 22.9 Å². The van der Waals surface area contributed by atoms with Gasteiger partial charge < -0.3 is 4.90 Å². The number of carbonyl (C=O) groups is 1. The van der Waals surface area contributed by atoms with Gasteiger partial charge in [-0.05, 0) is 43.0 Å². The van der Waals surface area contributed by atoms with Gasteiger partial charge in [0.25, 0.3) is 11.5 Å². The summed E-state index contributed by atoms with van der Waals surface area (Å²) in [6.07, 6.45) is 4.89. The fourth-order valence-corrected chi connectivity index (χ4v) is 3.46. The molecule has 3 aromatic rings. The average Bonchev–Trinajstić information content (AvgIpc) is 3.25. The lowest BCUT2D eigenvalue weighted by molar-refractivity contribution is 0.0676. The monoisotopic (exact) mass is 381 g/mol. The third-order valence-electron chi connectivity index (χ3n) is 5.03. The summed E-state index contributed by atoms with van der Waals surface area (Å²) < 4.78 is 16.9. The van der Waals surface area contributed by atoms with Crippen molar-refractivity contribution in [3.05, 3.63) is 76.6 Å². The molecule has 28 heavy (non-hydrogen) atoms. The van der Waals surface area contributed by atoms with Crippen LogP contribution in [0.1, 0.15) is 23.2 Å². The Hall–Kier alpha value is -3.29. The lowest BCUT2D eigenvalue weighted by Gasteiger charge is -2.32. The van der Waals surface area contributed by atoms with Crippen molar-refractivity contribution in [2.75, 3.05) is 13.1 Å². The standard InChI is InChI=1S/C20H20FN5O2/c21-17-5-2-1-4-16(17)20(28)24-12-8-15(9-13-24)14-26-19(27)7-6-18(23-26)25-11-3-10-22-25/h1-7,10-11,15H,8-9,12-14H2. The van der Waals surface area contributed by atoms with E-state index in [4.69, 9.17) is 0 Å². The summed E-state index contributed by atoms with van der Waals surface area (Å²) in [5.74, 6) is 0.0211. The Balaban J connectivity index is 1.41. The van der Waals surface area contributed by atoms with Crippen LogP contribution < -0.4 is 5.56 Å². The Labute approximate surface area is 161 Å². The van der Waals surface area contributed by atoms with Crippen LogP contribution in [-0.2, 0) is 6.54 Å². The topological polar surface area (TPSA) is 73.0 Å². The van der Waals surface area contributed by atoms with Crippen molar-refractivity contribution in [1.82, 2.24) is 24.5 Å². The second kappa shape index (κ2) is 7.75. The van der Waals surface area contributed by atoms with E-state index in [0.717, 1.165) is 12.8 Å². The molecule has 1 amide bonds. The van der Waals surface area contributed by atoms with Crippen molar-refractivity contribution in [3.63, 3.8) is 0 Å². The van der Waals surface area contributed by atoms with E-state index in [2.05, 4.69) is 10.2 Å². The Morgan fingerprint density at radius 2 is 1.89 bits per heavy atom. The molecule has 1 aliphatic heterocycles. The number of aromatic nitrogens is 4. The van der Waals surface area contributed by atoms with Gasteiger partial charge in [0.05, 0.1) is 5.56 Å². The maximum atomic E-state index is 13.9. The SMILES string of the molecule is O=C(c1ccccc1F)N1CCC(Cn2nc(-n3cccn3)ccc2=O)CC1. The van der Waals surface area contributed by atoms with Gasteiger partial charge in [-0.25, -0.2) is 13.8 Å². The zero-order chi connectivity index (χ0) is 19.5. The Morgan fingerprint density at radius 3 is 2.61 bits per heavy atom. The number of hydrogen-bond donors (Lipinski definition) is 0. The number of hydrogen-bond acceptors (Lipinski definition) is 4. The molecule has 0 radical (unpaired) electrons. The summed E-state index contributed by atoms with van der Waals surface area (Å²) in [7, 11) is 0. The van der Waals surface area contributed by atoms with Crippen molar-refractivity contribution in [2.45, 2.75) is 19.4 Å². The second-order valence-corrected chi connectivity index (χ2v) is 6.88. The minimum absolute atomic E-state index is 0.103. The molecule has 3 heterocycles. The highest BCUT2D eigenvalue weighted by molar-refractivity contribution is 5.94. The van der Waals surface area contributed by atoms with Crippen LogP contribution in [0, 0.1) is 11.7 Å². The van der Waals surface area contributed by atoms with Crippen molar-refractivity contribution >= 4 is 5.91 Å². The van der Waals surface area contributed by atoms with Crippen LogP contribution >= 0.6 is 0 Å². The molecule has 4 rings (SSSR count). The number of halogens is 1. The molecule has 8 heteroatoms. The van der Waals surface area contributed by atoms with Gasteiger partial charge in [0.2, 0.25) is 0 Å². The van der Waals surface area contributed by atoms with Crippen LogP contribution in [0.5, 0.6) is 0 Å². The first kappa shape index (κ1) is 18.1. The molecule has 144 valence electrons. The maximum Gasteiger partial charge on any atom is 0.266 e. The predicted molar refractivity (Wildman–Crippen MR) is 101 cm³/mol. The van der Waals surface area contributed by atoms with E-state index < -0.39 is 5.82 Å². The van der Waals surface area contributed by atoms with Crippen LogP contribution in [0.25, 0.3) is 5.82 Å². The number of nitrogens with zero attached hydrogens (tertiary/aromatic N) is 5. The van der Waals surface area contributed by atoms with Gasteiger partial charge in [-0.15, -0.1) is 5.10 Å². The van der Waals surface area contributed by atoms with Gasteiger partial charge >= 0.3 is 0 Å². The number of amides is 1. The summed E-state index contributed by atoms with van der Waals surface area (Å²) in [5.41, 5.74) is -0.0634. The minimum atomic E-state index is -0.499. The van der Waals surface area contributed by atoms with Crippen LogP contribution in [0.4, 0.5) is 4.39 Å². The number of rotatable bonds is 4. The zero-order valence-electron chi connectivity index (χ0n) is 15.2. The van der Waals surface area contributed by atoms with Crippen molar-refractivity contribution < 1.29 is 9.18 Å². The molecule has 1 aromatic carbocycles. The third-order valence-corrected chi connectivity index (χ3v) is 5.03. The van der Waals surface area contributed by atoms with Gasteiger partial charge in [-0.3, -0.25) is 9.59 Å². The largest absolute Gasteiger partial charge is 0.339 e. The lowest BCUT2D eigenvalue weighted by Crippen LogP contribution is -2.40. The van der Waals surface area contributed by atoms with E-state index >= 15 is 0 Å². The van der Waals surface area contributed by atoms with Gasteiger partial charge in [-0.1, -0.05) is 12.1 Å². The fraction of sp³-hybridized carbons (Fsp3) is 0.300. The molecule has 0 saturated carbocycles. The number of carbonyl (C=O) groups excluding carboxylic acids is 1. The van der Waals surface area contributed by atoms with Gasteiger partial charge in [-0.2, -0.15) is 5.10 Å². The molecule has 0 atom stereocenters. The molecule has 1 fully saturated rings. The highest BCUT2D eigenvalue weighted by Gasteiger charge is 2.25. The summed E-state index contributed by atoms with van der Waals surface area (Å²) >= 11 is 0. The summed E-state index contributed by atoms with van der Waals surface area (Å²) in [4.78, 5) is 26.4. The van der Waals surface area contributed by atoms with Gasteiger partial charge in [0, 0.05) is 38.1 Å². The van der Waals surface area contributed by atoms with Crippen LogP contribution in [0.3, 0.4) is 0 Å². The van der Waals surface area contributed by atoms with E-state index in [0.29, 0.717) is 25.5 Å². The lowest BCUT2D eigenvalue weighted by atomic mass is 9.96. The van der Waals surface area contributed by atoms with Gasteiger partial charge in [0.1, 0.15) is 5.82 Å². The second-order valence-electron chi connectivity index (χ2n) is 6.88. The number of benzene rings is 1. The highest BCUT2D eigenvalue weighted by atomic mass is 19.1. The maximum absolute atomic E-state index is 13.9. The first-order valence-electron chi connectivity index (χ1n) is 9.24. The van der Waals surface area contributed by atoms with Crippen LogP contribution in [0.15, 0.2) is 59.7 Å². The molecule has 0 aliphatic carbocycles. The van der Waals surface area contributed by atoms with Crippen molar-refractivity contribution in [3.8, 4) is 5.82 Å². The first-order chi connectivity index (χ1) is 13.6. The third kappa shape index (κ3) is 3.71. The average molecular weight is 381 g/mol. The number of likely N-dealkylation sites (tertiary alicyclic amines) is 1. The molecule has 0 spiro atoms.